The molecule has 152 valence electrons. The minimum absolute atomic E-state index is 0.00342. The summed E-state index contributed by atoms with van der Waals surface area (Å²) in [7, 11) is -2.40. The molecule has 4 rings (SSSR count). The number of anilines is 1. The van der Waals surface area contributed by atoms with Crippen molar-refractivity contribution in [2.75, 3.05) is 11.4 Å². The van der Waals surface area contributed by atoms with E-state index in [9.17, 15) is 8.42 Å². The van der Waals surface area contributed by atoms with E-state index >= 15 is 0 Å². The maximum atomic E-state index is 13.6. The number of pyridine rings is 1. The number of hydrogen-bond donors (Lipinski definition) is 0. The first-order valence-corrected chi connectivity index (χ1v) is 10.8. The number of ether oxygens (including phenoxy) is 1. The molecule has 2 aromatic carbocycles. The summed E-state index contributed by atoms with van der Waals surface area (Å²) in [6.07, 6.45) is 6.11. The standard InChI is InChI=1S/C21H17ClN4O3S/c1-29-18-4-2-17(20(22)11-18)13-26(21-7-9-24-14-25-21)30(27,28)19-5-3-16-12-23-8-6-15(16)10-19/h2-12,14H,13H2,1H3. The van der Waals surface area contributed by atoms with Gasteiger partial charge in [0.25, 0.3) is 10.0 Å². The SMILES string of the molecule is COc1ccc(CN(c2ccncn2)S(=O)(=O)c2ccc3cnccc3c2)c(Cl)c1. The summed E-state index contributed by atoms with van der Waals surface area (Å²) >= 11 is 6.37. The van der Waals surface area contributed by atoms with E-state index in [1.807, 2.05) is 0 Å². The molecule has 4 aromatic rings. The molecule has 0 aliphatic rings. The highest BCUT2D eigenvalue weighted by Gasteiger charge is 2.27. The number of hydrogen-bond acceptors (Lipinski definition) is 6. The van der Waals surface area contributed by atoms with Crippen LogP contribution in [0.3, 0.4) is 0 Å². The molecule has 0 unspecified atom stereocenters. The van der Waals surface area contributed by atoms with Crippen LogP contribution in [0.1, 0.15) is 5.56 Å². The zero-order valence-electron chi connectivity index (χ0n) is 15.9. The predicted molar refractivity (Wildman–Crippen MR) is 115 cm³/mol. The Bertz CT molecular complexity index is 1300. The van der Waals surface area contributed by atoms with Crippen LogP contribution in [-0.4, -0.2) is 30.5 Å². The molecule has 30 heavy (non-hydrogen) atoms. The lowest BCUT2D eigenvalue weighted by Crippen LogP contribution is -2.31. The average molecular weight is 441 g/mol. The van der Waals surface area contributed by atoms with Crippen LogP contribution < -0.4 is 9.04 Å². The number of halogens is 1. The zero-order valence-corrected chi connectivity index (χ0v) is 17.5. The summed E-state index contributed by atoms with van der Waals surface area (Å²) in [5.74, 6) is 0.829. The van der Waals surface area contributed by atoms with Crippen LogP contribution in [0.5, 0.6) is 5.75 Å². The number of nitrogens with zero attached hydrogens (tertiary/aromatic N) is 4. The van der Waals surface area contributed by atoms with Gasteiger partial charge in [-0.2, -0.15) is 0 Å². The number of fused-ring (bicyclic) bond motifs is 1. The first-order valence-electron chi connectivity index (χ1n) is 8.94. The zero-order chi connectivity index (χ0) is 21.1. The third-order valence-corrected chi connectivity index (χ3v) is 6.69. The van der Waals surface area contributed by atoms with Gasteiger partial charge in [0, 0.05) is 35.1 Å². The van der Waals surface area contributed by atoms with E-state index in [4.69, 9.17) is 16.3 Å². The Morgan fingerprint density at radius 2 is 1.83 bits per heavy atom. The van der Waals surface area contributed by atoms with Crippen LogP contribution in [0, 0.1) is 0 Å². The summed E-state index contributed by atoms with van der Waals surface area (Å²) < 4.78 is 33.6. The van der Waals surface area contributed by atoms with E-state index in [1.165, 1.54) is 23.9 Å². The summed E-state index contributed by atoms with van der Waals surface area (Å²) in [5, 5.41) is 2.02. The van der Waals surface area contributed by atoms with E-state index < -0.39 is 10.0 Å². The Kier molecular flexibility index (Phi) is 5.52. The van der Waals surface area contributed by atoms with Crippen LogP contribution in [0.4, 0.5) is 5.82 Å². The van der Waals surface area contributed by atoms with Crippen molar-refractivity contribution in [2.45, 2.75) is 11.4 Å². The van der Waals surface area contributed by atoms with Crippen molar-refractivity contribution >= 4 is 38.2 Å². The Hall–Kier alpha value is -3.23. The molecule has 9 heteroatoms. The number of sulfonamides is 1. The van der Waals surface area contributed by atoms with Crippen LogP contribution in [0.25, 0.3) is 10.8 Å². The molecule has 0 saturated heterocycles. The number of methoxy groups -OCH3 is 1. The Morgan fingerprint density at radius 1 is 1.00 bits per heavy atom. The molecule has 0 saturated carbocycles. The molecule has 0 aliphatic heterocycles. The minimum Gasteiger partial charge on any atom is -0.497 e. The average Bonchev–Trinajstić information content (AvgIpc) is 2.78. The topological polar surface area (TPSA) is 85.3 Å². The molecule has 0 bridgehead atoms. The molecule has 0 radical (unpaired) electrons. The highest BCUT2D eigenvalue weighted by Crippen LogP contribution is 2.29. The van der Waals surface area contributed by atoms with Gasteiger partial charge in [-0.1, -0.05) is 23.7 Å². The highest BCUT2D eigenvalue weighted by atomic mass is 35.5. The monoisotopic (exact) mass is 440 g/mol. The number of rotatable bonds is 6. The van der Waals surface area contributed by atoms with E-state index in [1.54, 1.807) is 60.9 Å². The van der Waals surface area contributed by atoms with Gasteiger partial charge in [0.15, 0.2) is 0 Å². The van der Waals surface area contributed by atoms with Gasteiger partial charge in [-0.25, -0.2) is 22.7 Å². The molecule has 2 heterocycles. The van der Waals surface area contributed by atoms with E-state index in [0.717, 1.165) is 10.8 Å². The van der Waals surface area contributed by atoms with E-state index in [-0.39, 0.29) is 17.3 Å². The van der Waals surface area contributed by atoms with Crippen molar-refractivity contribution < 1.29 is 13.2 Å². The lowest BCUT2D eigenvalue weighted by atomic mass is 10.2. The molecular weight excluding hydrogens is 424 g/mol. The smallest absolute Gasteiger partial charge is 0.265 e. The van der Waals surface area contributed by atoms with Crippen LogP contribution >= 0.6 is 11.6 Å². The lowest BCUT2D eigenvalue weighted by molar-refractivity contribution is 0.414. The summed E-state index contributed by atoms with van der Waals surface area (Å²) in [5.41, 5.74) is 0.615. The molecule has 0 spiro atoms. The molecular formula is C21H17ClN4O3S. The summed E-state index contributed by atoms with van der Waals surface area (Å²) in [6, 6.07) is 13.3. The fourth-order valence-corrected chi connectivity index (χ4v) is 4.67. The number of aromatic nitrogens is 3. The van der Waals surface area contributed by atoms with Crippen molar-refractivity contribution in [2.24, 2.45) is 0 Å². The Labute approximate surface area is 179 Å². The third kappa shape index (κ3) is 3.92. The van der Waals surface area contributed by atoms with Crippen LogP contribution in [-0.2, 0) is 16.6 Å². The molecule has 0 atom stereocenters. The van der Waals surface area contributed by atoms with Crippen molar-refractivity contribution in [3.05, 3.63) is 84.0 Å². The van der Waals surface area contributed by atoms with Gasteiger partial charge in [0.05, 0.1) is 18.6 Å². The predicted octanol–water partition coefficient (Wildman–Crippen LogP) is 4.08. The summed E-state index contributed by atoms with van der Waals surface area (Å²) in [6.45, 7) is -0.00342. The van der Waals surface area contributed by atoms with Crippen molar-refractivity contribution in [3.8, 4) is 5.75 Å². The minimum atomic E-state index is -3.94. The molecule has 0 aliphatic carbocycles. The lowest BCUT2D eigenvalue weighted by Gasteiger charge is -2.24. The second kappa shape index (κ2) is 8.25. The fraction of sp³-hybridized carbons (Fsp3) is 0.0952. The Balaban J connectivity index is 1.80. The fourth-order valence-electron chi connectivity index (χ4n) is 3.01. The third-order valence-electron chi connectivity index (χ3n) is 4.60. The summed E-state index contributed by atoms with van der Waals surface area (Å²) in [4.78, 5) is 12.2. The Morgan fingerprint density at radius 3 is 2.57 bits per heavy atom. The van der Waals surface area contributed by atoms with Gasteiger partial charge < -0.3 is 4.74 Å². The van der Waals surface area contributed by atoms with E-state index in [2.05, 4.69) is 15.0 Å². The molecule has 2 aromatic heterocycles. The highest BCUT2D eigenvalue weighted by molar-refractivity contribution is 7.92. The first kappa shape index (κ1) is 20.1. The second-order valence-electron chi connectivity index (χ2n) is 6.42. The van der Waals surface area contributed by atoms with Crippen molar-refractivity contribution in [1.29, 1.82) is 0 Å². The molecule has 0 fully saturated rings. The maximum Gasteiger partial charge on any atom is 0.265 e. The normalized spacial score (nSPS) is 11.4. The quantitative estimate of drug-likeness (QED) is 0.449. The first-order chi connectivity index (χ1) is 14.5. The van der Waals surface area contributed by atoms with E-state index in [0.29, 0.717) is 16.3 Å². The largest absolute Gasteiger partial charge is 0.497 e. The van der Waals surface area contributed by atoms with Crippen molar-refractivity contribution in [1.82, 2.24) is 15.0 Å². The van der Waals surface area contributed by atoms with Gasteiger partial charge in [0.2, 0.25) is 0 Å². The second-order valence-corrected chi connectivity index (χ2v) is 8.69. The van der Waals surface area contributed by atoms with Gasteiger partial charge in [-0.3, -0.25) is 4.98 Å². The van der Waals surface area contributed by atoms with Gasteiger partial charge in [-0.05, 0) is 41.3 Å². The van der Waals surface area contributed by atoms with Gasteiger partial charge >= 0.3 is 0 Å². The van der Waals surface area contributed by atoms with Crippen molar-refractivity contribution in [3.63, 3.8) is 0 Å². The molecule has 0 amide bonds. The van der Waals surface area contributed by atoms with Crippen LogP contribution in [0.2, 0.25) is 5.02 Å². The van der Waals surface area contributed by atoms with Crippen LogP contribution in [0.15, 0.2) is 78.3 Å². The number of benzene rings is 2. The maximum absolute atomic E-state index is 13.6. The van der Waals surface area contributed by atoms with Gasteiger partial charge in [0.1, 0.15) is 17.9 Å². The molecule has 0 N–H and O–H groups in total. The molecule has 7 nitrogen and oxygen atoms in total. The van der Waals surface area contributed by atoms with Gasteiger partial charge in [-0.15, -0.1) is 0 Å².